The molecule has 2 aromatic heterocycles. The molecule has 9 nitrogen and oxygen atoms in total. The molecule has 1 saturated heterocycles. The third-order valence-corrected chi connectivity index (χ3v) is 4.77. The molecule has 0 bridgehead atoms. The highest BCUT2D eigenvalue weighted by molar-refractivity contribution is 5.93. The minimum Gasteiger partial charge on any atom is -0.326 e. The van der Waals surface area contributed by atoms with Gasteiger partial charge in [-0.3, -0.25) is 9.48 Å². The van der Waals surface area contributed by atoms with Crippen LogP contribution in [0.2, 0.25) is 0 Å². The summed E-state index contributed by atoms with van der Waals surface area (Å²) in [6, 6.07) is 4.34. The molecular formula is C17H19FN8O. The smallest absolute Gasteiger partial charge is 0.229 e. The molecule has 3 heterocycles. The van der Waals surface area contributed by atoms with Gasteiger partial charge in [-0.25, -0.2) is 4.39 Å². The number of nitrogens with zero attached hydrogens (tertiary/aromatic N) is 6. The van der Waals surface area contributed by atoms with Crippen molar-refractivity contribution >= 4 is 11.6 Å². The zero-order valence-corrected chi connectivity index (χ0v) is 14.9. The Labute approximate surface area is 154 Å². The summed E-state index contributed by atoms with van der Waals surface area (Å²) in [5.41, 5.74) is 1.69. The van der Waals surface area contributed by atoms with Crippen molar-refractivity contribution in [3.8, 4) is 5.69 Å². The predicted molar refractivity (Wildman–Crippen MR) is 94.8 cm³/mol. The van der Waals surface area contributed by atoms with E-state index in [0.717, 1.165) is 5.56 Å². The van der Waals surface area contributed by atoms with Crippen LogP contribution in [0.15, 0.2) is 30.6 Å². The second-order valence-corrected chi connectivity index (χ2v) is 6.61. The highest BCUT2D eigenvalue weighted by Gasteiger charge is 2.34. The van der Waals surface area contributed by atoms with Gasteiger partial charge in [0.2, 0.25) is 5.91 Å². The lowest BCUT2D eigenvalue weighted by molar-refractivity contribution is -0.119. The number of hydrogen-bond donors (Lipinski definition) is 2. The minimum atomic E-state index is -0.473. The molecule has 2 atom stereocenters. The van der Waals surface area contributed by atoms with Crippen LogP contribution in [0.1, 0.15) is 17.3 Å². The Morgan fingerprint density at radius 2 is 2.22 bits per heavy atom. The molecule has 27 heavy (non-hydrogen) atoms. The number of carbonyl (C=O) groups excluding carboxylic acids is 1. The molecule has 140 valence electrons. The van der Waals surface area contributed by atoms with Gasteiger partial charge in [0.1, 0.15) is 11.5 Å². The zero-order chi connectivity index (χ0) is 19.0. The predicted octanol–water partition coefficient (Wildman–Crippen LogP) is 0.785. The van der Waals surface area contributed by atoms with E-state index in [0.29, 0.717) is 24.6 Å². The minimum absolute atomic E-state index is 0.0420. The topological polar surface area (TPSA) is 103 Å². The van der Waals surface area contributed by atoms with E-state index >= 15 is 0 Å². The number of amides is 1. The molecule has 0 unspecified atom stereocenters. The molecule has 3 aromatic rings. The van der Waals surface area contributed by atoms with Crippen LogP contribution in [0.3, 0.4) is 0 Å². The summed E-state index contributed by atoms with van der Waals surface area (Å²) >= 11 is 0. The maximum absolute atomic E-state index is 14.2. The fraction of sp³-hybridized carbons (Fsp3) is 0.353. The molecule has 1 aliphatic rings. The summed E-state index contributed by atoms with van der Waals surface area (Å²) in [6.45, 7) is 2.96. The van der Waals surface area contributed by atoms with Gasteiger partial charge >= 0.3 is 0 Å². The summed E-state index contributed by atoms with van der Waals surface area (Å²) in [6.07, 6.45) is 3.71. The molecule has 2 N–H and O–H groups in total. The Balaban J connectivity index is 1.55. The molecule has 0 saturated carbocycles. The molecule has 0 aliphatic carbocycles. The summed E-state index contributed by atoms with van der Waals surface area (Å²) in [5, 5.41) is 21.4. The SMILES string of the molecule is Cc1nnnn1-c1cc(NC(=O)[C@H]2CNC[C@@H]2c2cnn(C)c2)ccc1F. The van der Waals surface area contributed by atoms with Crippen molar-refractivity contribution in [2.45, 2.75) is 12.8 Å². The number of nitrogens with one attached hydrogen (secondary N) is 2. The Kier molecular flexibility index (Phi) is 4.40. The second kappa shape index (κ2) is 6.88. The third kappa shape index (κ3) is 3.31. The Hall–Kier alpha value is -3.14. The highest BCUT2D eigenvalue weighted by Crippen LogP contribution is 2.29. The van der Waals surface area contributed by atoms with Crippen molar-refractivity contribution in [1.29, 1.82) is 0 Å². The quantitative estimate of drug-likeness (QED) is 0.704. The summed E-state index contributed by atoms with van der Waals surface area (Å²) < 4.78 is 17.2. The lowest BCUT2D eigenvalue weighted by atomic mass is 9.90. The molecule has 0 spiro atoms. The van der Waals surface area contributed by atoms with E-state index in [1.807, 2.05) is 13.2 Å². The van der Waals surface area contributed by atoms with Crippen LogP contribution in [0, 0.1) is 18.7 Å². The van der Waals surface area contributed by atoms with Crippen LogP contribution in [0.25, 0.3) is 5.69 Å². The number of tetrazole rings is 1. The average molecular weight is 370 g/mol. The van der Waals surface area contributed by atoms with E-state index in [-0.39, 0.29) is 23.4 Å². The first-order chi connectivity index (χ1) is 13.0. The highest BCUT2D eigenvalue weighted by atomic mass is 19.1. The van der Waals surface area contributed by atoms with E-state index in [9.17, 15) is 9.18 Å². The first-order valence-corrected chi connectivity index (χ1v) is 8.58. The number of hydrogen-bond acceptors (Lipinski definition) is 6. The van der Waals surface area contributed by atoms with Gasteiger partial charge in [-0.2, -0.15) is 9.78 Å². The van der Waals surface area contributed by atoms with Crippen molar-refractivity contribution < 1.29 is 9.18 Å². The van der Waals surface area contributed by atoms with E-state index in [4.69, 9.17) is 0 Å². The van der Waals surface area contributed by atoms with Crippen LogP contribution in [-0.2, 0) is 11.8 Å². The third-order valence-electron chi connectivity index (χ3n) is 4.77. The number of anilines is 1. The lowest BCUT2D eigenvalue weighted by Crippen LogP contribution is -2.28. The number of aromatic nitrogens is 6. The summed E-state index contributed by atoms with van der Waals surface area (Å²) in [5.74, 6) is -0.342. The first-order valence-electron chi connectivity index (χ1n) is 8.58. The van der Waals surface area contributed by atoms with Crippen LogP contribution in [-0.4, -0.2) is 49.0 Å². The van der Waals surface area contributed by atoms with Gasteiger partial charge in [-0.1, -0.05) is 0 Å². The first kappa shape index (κ1) is 17.3. The molecule has 10 heteroatoms. The van der Waals surface area contributed by atoms with Gasteiger partial charge in [0.15, 0.2) is 5.82 Å². The summed E-state index contributed by atoms with van der Waals surface area (Å²) in [7, 11) is 1.85. The summed E-state index contributed by atoms with van der Waals surface area (Å²) in [4.78, 5) is 12.8. The van der Waals surface area contributed by atoms with Gasteiger partial charge < -0.3 is 10.6 Å². The van der Waals surface area contributed by atoms with E-state index in [2.05, 4.69) is 31.3 Å². The Morgan fingerprint density at radius 3 is 2.93 bits per heavy atom. The van der Waals surface area contributed by atoms with Gasteiger partial charge in [0.25, 0.3) is 0 Å². The molecule has 1 amide bonds. The maximum atomic E-state index is 14.2. The zero-order valence-electron chi connectivity index (χ0n) is 14.9. The maximum Gasteiger partial charge on any atom is 0.229 e. The largest absolute Gasteiger partial charge is 0.326 e. The molecule has 0 radical (unpaired) electrons. The van der Waals surface area contributed by atoms with E-state index < -0.39 is 5.82 Å². The van der Waals surface area contributed by atoms with E-state index in [1.165, 1.54) is 22.9 Å². The fourth-order valence-electron chi connectivity index (χ4n) is 3.38. The fourth-order valence-corrected chi connectivity index (χ4v) is 3.38. The van der Waals surface area contributed by atoms with Crippen LogP contribution in [0.4, 0.5) is 10.1 Å². The van der Waals surface area contributed by atoms with Crippen molar-refractivity contribution in [3.05, 3.63) is 47.8 Å². The van der Waals surface area contributed by atoms with Crippen molar-refractivity contribution in [3.63, 3.8) is 0 Å². The molecule has 4 rings (SSSR count). The van der Waals surface area contributed by atoms with Crippen LogP contribution >= 0.6 is 0 Å². The molecule has 1 fully saturated rings. The number of carbonyl (C=O) groups is 1. The second-order valence-electron chi connectivity index (χ2n) is 6.61. The number of aryl methyl sites for hydroxylation is 2. The molecular weight excluding hydrogens is 351 g/mol. The number of halogens is 1. The Bertz CT molecular complexity index is 981. The van der Waals surface area contributed by atoms with Gasteiger partial charge in [-0.15, -0.1) is 5.10 Å². The van der Waals surface area contributed by atoms with Crippen molar-refractivity contribution in [1.82, 2.24) is 35.3 Å². The number of benzene rings is 1. The van der Waals surface area contributed by atoms with Gasteiger partial charge in [-0.05, 0) is 41.1 Å². The number of rotatable bonds is 4. The van der Waals surface area contributed by atoms with E-state index in [1.54, 1.807) is 17.8 Å². The lowest BCUT2D eigenvalue weighted by Gasteiger charge is -2.17. The molecule has 1 aromatic carbocycles. The van der Waals surface area contributed by atoms with Crippen LogP contribution < -0.4 is 10.6 Å². The molecule has 1 aliphatic heterocycles. The standard InChI is InChI=1S/C17H19FN8O/c1-10-22-23-24-26(10)16-5-12(3-4-15(16)18)21-17(27)14-8-19-7-13(14)11-6-20-25(2)9-11/h3-6,9,13-14,19H,7-8H2,1-2H3,(H,21,27)/t13-,14+/m1/s1. The normalized spacial score (nSPS) is 19.4. The average Bonchev–Trinajstić information content (AvgIpc) is 3.37. The van der Waals surface area contributed by atoms with Gasteiger partial charge in [0, 0.05) is 37.9 Å². The monoisotopic (exact) mass is 370 g/mol. The Morgan fingerprint density at radius 1 is 1.37 bits per heavy atom. The van der Waals surface area contributed by atoms with Crippen LogP contribution in [0.5, 0.6) is 0 Å². The van der Waals surface area contributed by atoms with Crippen molar-refractivity contribution in [2.24, 2.45) is 13.0 Å². The van der Waals surface area contributed by atoms with Crippen molar-refractivity contribution in [2.75, 3.05) is 18.4 Å². The van der Waals surface area contributed by atoms with Gasteiger partial charge in [0.05, 0.1) is 12.1 Å².